The van der Waals surface area contributed by atoms with E-state index >= 15 is 0 Å². The van der Waals surface area contributed by atoms with Gasteiger partial charge in [-0.1, -0.05) is 55.7 Å². The number of aromatic carboxylic acids is 1. The van der Waals surface area contributed by atoms with Gasteiger partial charge in [0.25, 0.3) is 0 Å². The lowest BCUT2D eigenvalue weighted by Gasteiger charge is -2.23. The van der Waals surface area contributed by atoms with E-state index in [2.05, 4.69) is 41.1 Å². The van der Waals surface area contributed by atoms with Crippen LogP contribution in [0.3, 0.4) is 0 Å². The zero-order valence-corrected chi connectivity index (χ0v) is 20.5. The maximum Gasteiger partial charge on any atom is 0.335 e. The van der Waals surface area contributed by atoms with Crippen molar-refractivity contribution in [2.24, 2.45) is 0 Å². The summed E-state index contributed by atoms with van der Waals surface area (Å²) in [7, 11) is 1.53. The number of carboxylic acid groups (broad SMARTS) is 1. The SMILES string of the molecule is COc1cc(C(=O)O)ccc1NSc1cnc(-c2cccc3c(C4CCCCC4)cccc23)s1. The summed E-state index contributed by atoms with van der Waals surface area (Å²) in [6.45, 7) is 0. The fraction of sp³-hybridized carbons (Fsp3) is 0.259. The first kappa shape index (κ1) is 22.7. The Morgan fingerprint density at radius 3 is 2.68 bits per heavy atom. The van der Waals surface area contributed by atoms with Crippen LogP contribution in [0.25, 0.3) is 21.3 Å². The van der Waals surface area contributed by atoms with E-state index in [0.29, 0.717) is 11.7 Å². The molecule has 5 rings (SSSR count). The molecule has 0 saturated heterocycles. The number of fused-ring (bicyclic) bond motifs is 1. The predicted molar refractivity (Wildman–Crippen MR) is 140 cm³/mol. The van der Waals surface area contributed by atoms with E-state index in [4.69, 9.17) is 9.72 Å². The first-order chi connectivity index (χ1) is 16.6. The average molecular weight is 491 g/mol. The minimum atomic E-state index is -0.980. The molecule has 34 heavy (non-hydrogen) atoms. The van der Waals surface area contributed by atoms with Crippen LogP contribution < -0.4 is 9.46 Å². The average Bonchev–Trinajstić information content (AvgIpc) is 3.36. The molecular formula is C27H26N2O3S2. The number of rotatable bonds is 7. The van der Waals surface area contributed by atoms with Crippen molar-refractivity contribution >= 4 is 45.7 Å². The molecule has 1 heterocycles. The third kappa shape index (κ3) is 4.63. The Bertz CT molecular complexity index is 1330. The van der Waals surface area contributed by atoms with E-state index in [1.807, 2.05) is 6.20 Å². The maximum atomic E-state index is 11.2. The van der Waals surface area contributed by atoms with Gasteiger partial charge in [-0.05, 0) is 65.2 Å². The highest BCUT2D eigenvalue weighted by molar-refractivity contribution is 8.02. The van der Waals surface area contributed by atoms with Gasteiger partial charge in [0.1, 0.15) is 15.0 Å². The standard InChI is InChI=1S/C27H26N2O3S2/c1-32-24-15-18(27(30)31)13-14-23(24)29-34-25-16-28-26(33-25)22-12-6-10-20-19(9-5-11-21(20)22)17-7-3-2-4-8-17/h5-6,9-17,29H,2-4,7-8H2,1H3,(H,30,31). The summed E-state index contributed by atoms with van der Waals surface area (Å²) in [5.74, 6) is 0.162. The fourth-order valence-corrected chi connectivity index (χ4v) is 6.44. The van der Waals surface area contributed by atoms with Gasteiger partial charge in [-0.25, -0.2) is 9.78 Å². The number of aromatic nitrogens is 1. The molecule has 0 bridgehead atoms. The normalized spacial score (nSPS) is 14.3. The van der Waals surface area contributed by atoms with Crippen molar-refractivity contribution in [1.82, 2.24) is 4.98 Å². The minimum absolute atomic E-state index is 0.191. The highest BCUT2D eigenvalue weighted by Gasteiger charge is 2.19. The molecule has 0 atom stereocenters. The topological polar surface area (TPSA) is 71.5 Å². The lowest BCUT2D eigenvalue weighted by atomic mass is 9.82. The summed E-state index contributed by atoms with van der Waals surface area (Å²) in [4.78, 5) is 15.9. The van der Waals surface area contributed by atoms with Crippen LogP contribution in [0.15, 0.2) is 65.0 Å². The molecule has 1 fully saturated rings. The molecule has 2 N–H and O–H groups in total. The van der Waals surface area contributed by atoms with Crippen LogP contribution in [-0.4, -0.2) is 23.2 Å². The van der Waals surface area contributed by atoms with Gasteiger partial charge >= 0.3 is 5.97 Å². The van der Waals surface area contributed by atoms with Crippen molar-refractivity contribution in [1.29, 1.82) is 0 Å². The summed E-state index contributed by atoms with van der Waals surface area (Å²) in [5, 5.41) is 12.8. The number of carboxylic acids is 1. The number of carbonyl (C=O) groups is 1. The zero-order chi connectivity index (χ0) is 23.5. The smallest absolute Gasteiger partial charge is 0.335 e. The van der Waals surface area contributed by atoms with Crippen LogP contribution >= 0.6 is 23.3 Å². The second kappa shape index (κ2) is 10.1. The monoisotopic (exact) mass is 490 g/mol. The Morgan fingerprint density at radius 1 is 1.09 bits per heavy atom. The predicted octanol–water partition coefficient (Wildman–Crippen LogP) is 7.84. The van der Waals surface area contributed by atoms with Crippen molar-refractivity contribution in [3.05, 3.63) is 71.9 Å². The van der Waals surface area contributed by atoms with Gasteiger partial charge in [0.05, 0.1) is 24.6 Å². The van der Waals surface area contributed by atoms with Crippen molar-refractivity contribution in [3.63, 3.8) is 0 Å². The van der Waals surface area contributed by atoms with Crippen LogP contribution in [0.4, 0.5) is 5.69 Å². The zero-order valence-electron chi connectivity index (χ0n) is 18.9. The lowest BCUT2D eigenvalue weighted by molar-refractivity contribution is 0.0696. The molecule has 1 aliphatic carbocycles. The largest absolute Gasteiger partial charge is 0.495 e. The molecule has 0 radical (unpaired) electrons. The van der Waals surface area contributed by atoms with Crippen molar-refractivity contribution in [2.45, 2.75) is 42.2 Å². The molecule has 0 aliphatic heterocycles. The van der Waals surface area contributed by atoms with E-state index in [9.17, 15) is 9.90 Å². The molecule has 7 heteroatoms. The van der Waals surface area contributed by atoms with Crippen LogP contribution in [-0.2, 0) is 0 Å². The van der Waals surface area contributed by atoms with Gasteiger partial charge in [0, 0.05) is 5.56 Å². The lowest BCUT2D eigenvalue weighted by Crippen LogP contribution is -2.05. The number of ether oxygens (including phenoxy) is 1. The third-order valence-electron chi connectivity index (χ3n) is 6.43. The molecule has 1 saturated carbocycles. The van der Waals surface area contributed by atoms with Crippen LogP contribution in [0.1, 0.15) is 53.9 Å². The van der Waals surface area contributed by atoms with Gasteiger partial charge in [-0.2, -0.15) is 0 Å². The number of nitrogens with zero attached hydrogens (tertiary/aromatic N) is 1. The molecule has 1 aromatic heterocycles. The van der Waals surface area contributed by atoms with Gasteiger partial charge in [0.15, 0.2) is 0 Å². The van der Waals surface area contributed by atoms with Crippen molar-refractivity contribution < 1.29 is 14.6 Å². The summed E-state index contributed by atoms with van der Waals surface area (Å²) in [6, 6.07) is 18.0. The minimum Gasteiger partial charge on any atom is -0.495 e. The number of thiazole rings is 1. The van der Waals surface area contributed by atoms with E-state index in [-0.39, 0.29) is 5.56 Å². The Balaban J connectivity index is 1.39. The Labute approximate surface area is 207 Å². The van der Waals surface area contributed by atoms with Crippen LogP contribution in [0, 0.1) is 0 Å². The van der Waals surface area contributed by atoms with Crippen LogP contribution in [0.2, 0.25) is 0 Å². The molecule has 0 amide bonds. The summed E-state index contributed by atoms with van der Waals surface area (Å²) < 4.78 is 9.64. The van der Waals surface area contributed by atoms with Gasteiger partial charge in [-0.3, -0.25) is 0 Å². The Hall–Kier alpha value is -3.03. The summed E-state index contributed by atoms with van der Waals surface area (Å²) in [6.07, 6.45) is 8.44. The first-order valence-electron chi connectivity index (χ1n) is 11.5. The van der Waals surface area contributed by atoms with Gasteiger partial charge in [-0.15, -0.1) is 11.3 Å². The summed E-state index contributed by atoms with van der Waals surface area (Å²) >= 11 is 3.08. The molecule has 0 spiro atoms. The number of benzene rings is 3. The van der Waals surface area contributed by atoms with Crippen LogP contribution in [0.5, 0.6) is 5.75 Å². The Kier molecular flexibility index (Phi) is 6.74. The van der Waals surface area contributed by atoms with Gasteiger partial charge < -0.3 is 14.6 Å². The maximum absolute atomic E-state index is 11.2. The molecule has 3 aromatic carbocycles. The Morgan fingerprint density at radius 2 is 1.88 bits per heavy atom. The summed E-state index contributed by atoms with van der Waals surface area (Å²) in [5.41, 5.74) is 3.55. The number of hydrogen-bond acceptors (Lipinski definition) is 6. The van der Waals surface area contributed by atoms with E-state index < -0.39 is 5.97 Å². The first-order valence-corrected chi connectivity index (χ1v) is 13.1. The molecule has 1 aliphatic rings. The molecule has 4 aromatic rings. The van der Waals surface area contributed by atoms with Crippen molar-refractivity contribution in [3.8, 4) is 16.3 Å². The van der Waals surface area contributed by atoms with E-state index in [1.165, 1.54) is 73.6 Å². The second-order valence-corrected chi connectivity index (χ2v) is 10.6. The van der Waals surface area contributed by atoms with Gasteiger partial charge in [0.2, 0.25) is 0 Å². The highest BCUT2D eigenvalue weighted by atomic mass is 32.2. The third-order valence-corrected chi connectivity index (χ3v) is 8.38. The molecule has 0 unspecified atom stereocenters. The second-order valence-electron chi connectivity index (χ2n) is 8.49. The highest BCUT2D eigenvalue weighted by Crippen LogP contribution is 2.41. The molecular weight excluding hydrogens is 464 g/mol. The number of hydrogen-bond donors (Lipinski definition) is 2. The van der Waals surface area contributed by atoms with E-state index in [0.717, 1.165) is 20.5 Å². The quantitative estimate of drug-likeness (QED) is 0.257. The van der Waals surface area contributed by atoms with E-state index in [1.54, 1.807) is 23.5 Å². The molecule has 174 valence electrons. The number of methoxy groups -OCH3 is 1. The number of anilines is 1. The fourth-order valence-electron chi connectivity index (χ4n) is 4.74. The molecule has 5 nitrogen and oxygen atoms in total. The van der Waals surface area contributed by atoms with Crippen molar-refractivity contribution in [2.75, 3.05) is 11.8 Å². The number of nitrogens with one attached hydrogen (secondary N) is 1.